The van der Waals surface area contributed by atoms with Gasteiger partial charge in [0.15, 0.2) is 0 Å². The van der Waals surface area contributed by atoms with Gasteiger partial charge in [-0.25, -0.2) is 0 Å². The molecule has 0 atom stereocenters. The molecule has 0 aliphatic carbocycles. The van der Waals surface area contributed by atoms with Crippen LogP contribution in [0, 0.1) is 0 Å². The van der Waals surface area contributed by atoms with Gasteiger partial charge >= 0.3 is 5.97 Å². The molecule has 0 amide bonds. The Hall–Kier alpha value is -0.830. The van der Waals surface area contributed by atoms with Gasteiger partial charge in [-0.2, -0.15) is 0 Å². The van der Waals surface area contributed by atoms with Crippen LogP contribution in [-0.2, 0) is 9.53 Å². The van der Waals surface area contributed by atoms with E-state index in [2.05, 4.69) is 11.3 Å². The van der Waals surface area contributed by atoms with Gasteiger partial charge in [-0.3, -0.25) is 4.79 Å². The van der Waals surface area contributed by atoms with Crippen LogP contribution >= 0.6 is 0 Å². The van der Waals surface area contributed by atoms with Gasteiger partial charge in [0.05, 0.1) is 13.0 Å². The lowest BCUT2D eigenvalue weighted by Crippen LogP contribution is -2.06. The zero-order chi connectivity index (χ0) is 7.11. The van der Waals surface area contributed by atoms with Gasteiger partial charge in [0.1, 0.15) is 6.61 Å². The van der Waals surface area contributed by atoms with E-state index in [1.54, 1.807) is 0 Å². The van der Waals surface area contributed by atoms with E-state index in [0.717, 1.165) is 0 Å². The number of ether oxygens (including phenoxy) is 1. The summed E-state index contributed by atoms with van der Waals surface area (Å²) in [7, 11) is 0. The third-order valence-electron chi connectivity index (χ3n) is 0.665. The highest BCUT2D eigenvalue weighted by Crippen LogP contribution is 1.84. The normalized spacial score (nSPS) is 8.56. The number of carbonyl (C=O) groups is 1. The Kier molecular flexibility index (Phi) is 4.82. The van der Waals surface area contributed by atoms with Crippen LogP contribution in [0.5, 0.6) is 0 Å². The molecule has 0 bridgehead atoms. The highest BCUT2D eigenvalue weighted by molar-refractivity contribution is 5.70. The van der Waals surface area contributed by atoms with E-state index in [4.69, 9.17) is 5.11 Å². The van der Waals surface area contributed by atoms with Crippen LogP contribution in [0.3, 0.4) is 0 Å². The van der Waals surface area contributed by atoms with Crippen molar-refractivity contribution in [1.29, 1.82) is 0 Å². The molecule has 3 heteroatoms. The van der Waals surface area contributed by atoms with Gasteiger partial charge in [0, 0.05) is 0 Å². The van der Waals surface area contributed by atoms with Crippen LogP contribution in [0.25, 0.3) is 0 Å². The summed E-state index contributed by atoms with van der Waals surface area (Å²) in [6.45, 7) is 3.30. The summed E-state index contributed by atoms with van der Waals surface area (Å²) in [5.74, 6) is -0.348. The maximum Gasteiger partial charge on any atom is 0.309 e. The summed E-state index contributed by atoms with van der Waals surface area (Å²) >= 11 is 0. The van der Waals surface area contributed by atoms with Crippen molar-refractivity contribution in [3.05, 3.63) is 12.7 Å². The van der Waals surface area contributed by atoms with Crippen molar-refractivity contribution in [3.63, 3.8) is 0 Å². The molecule has 0 fully saturated rings. The number of carbonyl (C=O) groups excluding carboxylic acids is 1. The fourth-order valence-corrected chi connectivity index (χ4v) is 0.336. The largest absolute Gasteiger partial charge is 0.463 e. The molecule has 0 aromatic rings. The first kappa shape index (κ1) is 8.17. The molecule has 0 spiro atoms. The molecule has 52 valence electrons. The van der Waals surface area contributed by atoms with Crippen molar-refractivity contribution in [2.24, 2.45) is 0 Å². The molecule has 1 N–H and O–H groups in total. The Bertz CT molecular complexity index is 98.5. The first-order valence-electron chi connectivity index (χ1n) is 2.68. The number of aliphatic hydroxyl groups is 1. The molecule has 0 aromatic heterocycles. The second-order valence-corrected chi connectivity index (χ2v) is 1.44. The molecular formula is C6H10O3. The van der Waals surface area contributed by atoms with Crippen LogP contribution in [0.1, 0.15) is 6.42 Å². The third kappa shape index (κ3) is 5.03. The van der Waals surface area contributed by atoms with Gasteiger partial charge in [0.25, 0.3) is 0 Å². The van der Waals surface area contributed by atoms with Crippen molar-refractivity contribution >= 4 is 5.97 Å². The van der Waals surface area contributed by atoms with Gasteiger partial charge in [-0.15, -0.1) is 6.58 Å². The number of esters is 1. The Labute approximate surface area is 53.9 Å². The Morgan fingerprint density at radius 3 is 2.89 bits per heavy atom. The molecule has 0 radical (unpaired) electrons. The van der Waals surface area contributed by atoms with Crippen molar-refractivity contribution in [1.82, 2.24) is 0 Å². The first-order chi connectivity index (χ1) is 4.31. The molecule has 0 heterocycles. The molecule has 0 aliphatic heterocycles. The quantitative estimate of drug-likeness (QED) is 0.433. The van der Waals surface area contributed by atoms with Crippen LogP contribution in [0.15, 0.2) is 12.7 Å². The summed E-state index contributed by atoms with van der Waals surface area (Å²) in [4.78, 5) is 10.4. The van der Waals surface area contributed by atoms with E-state index in [1.165, 1.54) is 6.08 Å². The SMILES string of the molecule is C=CCC(=O)OCCO. The average molecular weight is 130 g/mol. The summed E-state index contributed by atoms with van der Waals surface area (Å²) in [6, 6.07) is 0. The topological polar surface area (TPSA) is 46.5 Å². The standard InChI is InChI=1S/C6H10O3/c1-2-3-6(8)9-5-4-7/h2,7H,1,3-5H2. The number of hydrogen-bond acceptors (Lipinski definition) is 3. The Morgan fingerprint density at radius 2 is 2.44 bits per heavy atom. The predicted octanol–water partition coefficient (Wildman–Crippen LogP) is 0.0980. The zero-order valence-electron chi connectivity index (χ0n) is 5.17. The second-order valence-electron chi connectivity index (χ2n) is 1.44. The van der Waals surface area contributed by atoms with Crippen molar-refractivity contribution in [2.75, 3.05) is 13.2 Å². The fourth-order valence-electron chi connectivity index (χ4n) is 0.336. The highest BCUT2D eigenvalue weighted by Gasteiger charge is 1.95. The van der Waals surface area contributed by atoms with Crippen molar-refractivity contribution in [2.45, 2.75) is 6.42 Å². The molecule has 0 saturated heterocycles. The monoisotopic (exact) mass is 130 g/mol. The number of aliphatic hydroxyl groups excluding tert-OH is 1. The van der Waals surface area contributed by atoms with E-state index >= 15 is 0 Å². The molecule has 0 unspecified atom stereocenters. The van der Waals surface area contributed by atoms with Gasteiger partial charge in [-0.05, 0) is 0 Å². The lowest BCUT2D eigenvalue weighted by molar-refractivity contribution is -0.143. The fraction of sp³-hybridized carbons (Fsp3) is 0.500. The Balaban J connectivity index is 3.16. The summed E-state index contributed by atoms with van der Waals surface area (Å²) in [5, 5.41) is 8.18. The molecule has 3 nitrogen and oxygen atoms in total. The molecule has 9 heavy (non-hydrogen) atoms. The minimum Gasteiger partial charge on any atom is -0.463 e. The molecule has 0 rings (SSSR count). The summed E-state index contributed by atoms with van der Waals surface area (Å²) in [5.41, 5.74) is 0. The minimum absolute atomic E-state index is 0.0761. The van der Waals surface area contributed by atoms with Gasteiger partial charge in [0.2, 0.25) is 0 Å². The van der Waals surface area contributed by atoms with Crippen molar-refractivity contribution < 1.29 is 14.6 Å². The van der Waals surface area contributed by atoms with Crippen LogP contribution in [-0.4, -0.2) is 24.3 Å². The summed E-state index contributed by atoms with van der Waals surface area (Å²) in [6.07, 6.45) is 1.67. The minimum atomic E-state index is -0.348. The van der Waals surface area contributed by atoms with E-state index in [0.29, 0.717) is 0 Å². The number of rotatable bonds is 4. The highest BCUT2D eigenvalue weighted by atomic mass is 16.5. The molecule has 0 aromatic carbocycles. The van der Waals surface area contributed by atoms with E-state index in [1.807, 2.05) is 0 Å². The van der Waals surface area contributed by atoms with Gasteiger partial charge < -0.3 is 9.84 Å². The van der Waals surface area contributed by atoms with Crippen LogP contribution in [0.4, 0.5) is 0 Å². The lowest BCUT2D eigenvalue weighted by Gasteiger charge is -1.97. The van der Waals surface area contributed by atoms with E-state index in [-0.39, 0.29) is 25.6 Å². The van der Waals surface area contributed by atoms with Crippen LogP contribution < -0.4 is 0 Å². The maximum absolute atomic E-state index is 10.4. The second kappa shape index (κ2) is 5.31. The lowest BCUT2D eigenvalue weighted by atomic mass is 10.4. The third-order valence-corrected chi connectivity index (χ3v) is 0.665. The van der Waals surface area contributed by atoms with E-state index < -0.39 is 0 Å². The first-order valence-corrected chi connectivity index (χ1v) is 2.68. The van der Waals surface area contributed by atoms with Crippen molar-refractivity contribution in [3.8, 4) is 0 Å². The molecule has 0 aliphatic rings. The van der Waals surface area contributed by atoms with E-state index in [9.17, 15) is 4.79 Å². The Morgan fingerprint density at radius 1 is 1.78 bits per heavy atom. The zero-order valence-corrected chi connectivity index (χ0v) is 5.17. The van der Waals surface area contributed by atoms with Gasteiger partial charge in [-0.1, -0.05) is 6.08 Å². The smallest absolute Gasteiger partial charge is 0.309 e. The maximum atomic E-state index is 10.4. The molecular weight excluding hydrogens is 120 g/mol. The summed E-state index contributed by atoms with van der Waals surface area (Å²) < 4.78 is 4.47. The average Bonchev–Trinajstić information content (AvgIpc) is 1.85. The van der Waals surface area contributed by atoms with Crippen LogP contribution in [0.2, 0.25) is 0 Å². The predicted molar refractivity (Wildman–Crippen MR) is 32.9 cm³/mol. The number of hydrogen-bond donors (Lipinski definition) is 1. The molecule has 0 saturated carbocycles.